The molecule has 0 amide bonds. The second kappa shape index (κ2) is 9.10. The van der Waals surface area contributed by atoms with Gasteiger partial charge in [-0.3, -0.25) is 4.79 Å². The zero-order valence-electron chi connectivity index (χ0n) is 22.1. The van der Waals surface area contributed by atoms with Crippen molar-refractivity contribution < 1.29 is 9.53 Å². The number of rotatable bonds is 6. The molecular formula is C30H50O2. The van der Waals surface area contributed by atoms with Gasteiger partial charge in [-0.05, 0) is 104 Å². The van der Waals surface area contributed by atoms with Crippen LogP contribution in [0.1, 0.15) is 113 Å². The second-order valence-corrected chi connectivity index (χ2v) is 13.3. The van der Waals surface area contributed by atoms with E-state index in [1.165, 1.54) is 51.4 Å². The summed E-state index contributed by atoms with van der Waals surface area (Å²) in [6.45, 7) is 16.6. The first-order valence-corrected chi connectivity index (χ1v) is 13.9. The molecule has 2 nitrogen and oxygen atoms in total. The molecule has 0 saturated heterocycles. The van der Waals surface area contributed by atoms with Crippen LogP contribution in [0.15, 0.2) is 11.6 Å². The Labute approximate surface area is 198 Å². The average molecular weight is 443 g/mol. The van der Waals surface area contributed by atoms with Crippen LogP contribution in [-0.2, 0) is 9.53 Å². The number of carbonyl (C=O) groups excluding carboxylic acids is 1. The summed E-state index contributed by atoms with van der Waals surface area (Å²) in [6, 6.07) is 0. The van der Waals surface area contributed by atoms with E-state index in [1.807, 2.05) is 5.57 Å². The molecule has 32 heavy (non-hydrogen) atoms. The number of hydrogen-bond acceptors (Lipinski definition) is 2. The van der Waals surface area contributed by atoms with Gasteiger partial charge in [0.05, 0.1) is 0 Å². The van der Waals surface area contributed by atoms with Gasteiger partial charge in [-0.1, -0.05) is 66.0 Å². The summed E-state index contributed by atoms with van der Waals surface area (Å²) in [5, 5.41) is 0. The van der Waals surface area contributed by atoms with Crippen molar-refractivity contribution in [2.24, 2.45) is 52.3 Å². The minimum atomic E-state index is -0.104. The summed E-state index contributed by atoms with van der Waals surface area (Å²) in [6.07, 6.45) is 15.9. The molecule has 0 unspecified atom stereocenters. The summed E-state index contributed by atoms with van der Waals surface area (Å²) >= 11 is 0. The lowest BCUT2D eigenvalue weighted by molar-refractivity contribution is -0.152. The van der Waals surface area contributed by atoms with E-state index in [1.54, 1.807) is 6.92 Å². The monoisotopic (exact) mass is 442 g/mol. The van der Waals surface area contributed by atoms with Gasteiger partial charge in [0, 0.05) is 6.92 Å². The van der Waals surface area contributed by atoms with Gasteiger partial charge in [0.15, 0.2) is 0 Å². The number of esters is 1. The summed E-state index contributed by atoms with van der Waals surface area (Å²) in [5.41, 5.74) is 2.79. The van der Waals surface area contributed by atoms with Crippen molar-refractivity contribution >= 4 is 5.97 Å². The predicted octanol–water partition coefficient (Wildman–Crippen LogP) is 8.21. The Hall–Kier alpha value is -0.790. The lowest BCUT2D eigenvalue weighted by Gasteiger charge is -2.58. The standard InChI is InChI=1S/C30H50O2/c1-19(2)20(3)8-9-21(4)26-12-13-27-25-11-10-23-18-24(32-22(5)31)14-16-29(23,6)28(25)15-17-30(26,27)7/h11,19-21,23-24,26-28H,8-10,12-18H2,1-7H3/t20-,21-,23-,24+,26-,27+,28+,29+,30-/m1/s1. The van der Waals surface area contributed by atoms with Crippen molar-refractivity contribution in [1.82, 2.24) is 0 Å². The molecule has 0 spiro atoms. The van der Waals surface area contributed by atoms with E-state index < -0.39 is 0 Å². The van der Waals surface area contributed by atoms with Crippen LogP contribution >= 0.6 is 0 Å². The lowest BCUT2D eigenvalue weighted by atomic mass is 9.47. The largest absolute Gasteiger partial charge is 0.463 e. The smallest absolute Gasteiger partial charge is 0.302 e. The van der Waals surface area contributed by atoms with E-state index in [-0.39, 0.29) is 12.1 Å². The minimum Gasteiger partial charge on any atom is -0.463 e. The average Bonchev–Trinajstić information content (AvgIpc) is 3.08. The zero-order chi connectivity index (χ0) is 23.3. The Morgan fingerprint density at radius 2 is 1.69 bits per heavy atom. The number of allylic oxidation sites excluding steroid dienone is 2. The maximum absolute atomic E-state index is 11.5. The highest BCUT2D eigenvalue weighted by molar-refractivity contribution is 5.66. The third-order valence-corrected chi connectivity index (χ3v) is 11.3. The molecule has 0 aromatic rings. The Balaban J connectivity index is 1.47. The maximum Gasteiger partial charge on any atom is 0.302 e. The number of fused-ring (bicyclic) bond motifs is 5. The molecule has 4 aliphatic carbocycles. The first-order valence-electron chi connectivity index (χ1n) is 13.9. The summed E-state index contributed by atoms with van der Waals surface area (Å²) in [5.74, 6) is 5.58. The van der Waals surface area contributed by atoms with Gasteiger partial charge in [0.1, 0.15) is 6.10 Å². The van der Waals surface area contributed by atoms with Crippen LogP contribution in [0, 0.1) is 52.3 Å². The van der Waals surface area contributed by atoms with Crippen LogP contribution in [0.25, 0.3) is 0 Å². The van der Waals surface area contributed by atoms with Crippen LogP contribution in [0.3, 0.4) is 0 Å². The van der Waals surface area contributed by atoms with E-state index in [0.717, 1.165) is 48.3 Å². The van der Waals surface area contributed by atoms with Crippen molar-refractivity contribution in [3.8, 4) is 0 Å². The van der Waals surface area contributed by atoms with Crippen molar-refractivity contribution in [2.75, 3.05) is 0 Å². The highest BCUT2D eigenvalue weighted by atomic mass is 16.5. The minimum absolute atomic E-state index is 0.104. The maximum atomic E-state index is 11.5. The Bertz CT molecular complexity index is 722. The summed E-state index contributed by atoms with van der Waals surface area (Å²) in [7, 11) is 0. The Morgan fingerprint density at radius 3 is 2.38 bits per heavy atom. The van der Waals surface area contributed by atoms with Gasteiger partial charge in [-0.2, -0.15) is 0 Å². The Morgan fingerprint density at radius 1 is 1.00 bits per heavy atom. The molecule has 4 aliphatic rings. The molecule has 182 valence electrons. The number of hydrogen-bond donors (Lipinski definition) is 0. The molecule has 0 bridgehead atoms. The molecule has 0 aliphatic heterocycles. The normalized spacial score (nSPS) is 43.0. The van der Waals surface area contributed by atoms with Gasteiger partial charge in [-0.15, -0.1) is 0 Å². The zero-order valence-corrected chi connectivity index (χ0v) is 22.1. The molecule has 0 aromatic carbocycles. The number of ether oxygens (including phenoxy) is 1. The van der Waals surface area contributed by atoms with E-state index in [4.69, 9.17) is 4.74 Å². The van der Waals surface area contributed by atoms with Crippen molar-refractivity contribution in [2.45, 2.75) is 119 Å². The highest BCUT2D eigenvalue weighted by Gasteiger charge is 2.58. The highest BCUT2D eigenvalue weighted by Crippen LogP contribution is 2.67. The predicted molar refractivity (Wildman–Crippen MR) is 133 cm³/mol. The molecule has 4 rings (SSSR count). The summed E-state index contributed by atoms with van der Waals surface area (Å²) in [4.78, 5) is 11.5. The van der Waals surface area contributed by atoms with Crippen molar-refractivity contribution in [3.63, 3.8) is 0 Å². The molecule has 2 heteroatoms. The first-order chi connectivity index (χ1) is 15.1. The van der Waals surface area contributed by atoms with Crippen LogP contribution in [0.4, 0.5) is 0 Å². The third-order valence-electron chi connectivity index (χ3n) is 11.3. The van der Waals surface area contributed by atoms with E-state index in [0.29, 0.717) is 16.7 Å². The molecule has 9 atom stereocenters. The van der Waals surface area contributed by atoms with E-state index in [9.17, 15) is 4.79 Å². The molecule has 0 heterocycles. The van der Waals surface area contributed by atoms with E-state index in [2.05, 4.69) is 47.6 Å². The quantitative estimate of drug-likeness (QED) is 0.306. The molecular weight excluding hydrogens is 392 g/mol. The fourth-order valence-electron chi connectivity index (χ4n) is 8.85. The van der Waals surface area contributed by atoms with Gasteiger partial charge in [-0.25, -0.2) is 0 Å². The lowest BCUT2D eigenvalue weighted by Crippen LogP contribution is -2.50. The van der Waals surface area contributed by atoms with Crippen LogP contribution in [-0.4, -0.2) is 12.1 Å². The molecule has 0 aromatic heterocycles. The van der Waals surface area contributed by atoms with Crippen LogP contribution in [0.2, 0.25) is 0 Å². The first kappa shape index (κ1) is 24.3. The Kier molecular flexibility index (Phi) is 6.92. The second-order valence-electron chi connectivity index (χ2n) is 13.3. The SMILES string of the molecule is CC(=O)O[C@H]1CC[C@@]2(C)[C@H](CC=C3[C@@H]2CC[C@]2(C)[C@@H]([C@H](C)CC[C@@H](C)C(C)C)CC[C@@H]32)C1. The van der Waals surface area contributed by atoms with Gasteiger partial charge in [0.2, 0.25) is 0 Å². The van der Waals surface area contributed by atoms with Crippen LogP contribution < -0.4 is 0 Å². The number of carbonyl (C=O) groups is 1. The van der Waals surface area contributed by atoms with E-state index >= 15 is 0 Å². The molecule has 3 fully saturated rings. The topological polar surface area (TPSA) is 26.3 Å². The van der Waals surface area contributed by atoms with Gasteiger partial charge >= 0.3 is 5.97 Å². The third kappa shape index (κ3) is 4.22. The van der Waals surface area contributed by atoms with Crippen LogP contribution in [0.5, 0.6) is 0 Å². The van der Waals surface area contributed by atoms with Gasteiger partial charge < -0.3 is 4.74 Å². The van der Waals surface area contributed by atoms with Crippen molar-refractivity contribution in [3.05, 3.63) is 11.6 Å². The molecule has 0 radical (unpaired) electrons. The fraction of sp³-hybridized carbons (Fsp3) is 0.900. The van der Waals surface area contributed by atoms with Gasteiger partial charge in [0.25, 0.3) is 0 Å². The molecule has 3 saturated carbocycles. The summed E-state index contributed by atoms with van der Waals surface area (Å²) < 4.78 is 5.64. The van der Waals surface area contributed by atoms with Crippen molar-refractivity contribution in [1.29, 1.82) is 0 Å². The molecule has 0 N–H and O–H groups in total. The fourth-order valence-corrected chi connectivity index (χ4v) is 8.85.